The summed E-state index contributed by atoms with van der Waals surface area (Å²) in [6.45, 7) is 0. The summed E-state index contributed by atoms with van der Waals surface area (Å²) >= 11 is 12.1. The molecule has 0 aliphatic heterocycles. The fourth-order valence-corrected chi connectivity index (χ4v) is 2.85. The molecule has 0 radical (unpaired) electrons. The van der Waals surface area contributed by atoms with Crippen molar-refractivity contribution in [3.05, 3.63) is 33.8 Å². The molecule has 1 aromatic carbocycles. The molecular formula is C13H16Cl2O. The molecule has 3 heteroatoms. The topological polar surface area (TPSA) is 20.2 Å². The van der Waals surface area contributed by atoms with E-state index < -0.39 is 0 Å². The van der Waals surface area contributed by atoms with E-state index in [0.717, 1.165) is 41.3 Å². The van der Waals surface area contributed by atoms with Crippen LogP contribution in [0.5, 0.6) is 0 Å². The van der Waals surface area contributed by atoms with E-state index in [-0.39, 0.29) is 6.10 Å². The van der Waals surface area contributed by atoms with Gasteiger partial charge in [-0.15, -0.1) is 0 Å². The van der Waals surface area contributed by atoms with Crippen LogP contribution in [0.3, 0.4) is 0 Å². The van der Waals surface area contributed by atoms with Crippen LogP contribution in [0.15, 0.2) is 18.2 Å². The Balaban J connectivity index is 2.05. The Morgan fingerprint density at radius 3 is 2.81 bits per heavy atom. The van der Waals surface area contributed by atoms with Gasteiger partial charge in [0.15, 0.2) is 0 Å². The third-order valence-corrected chi connectivity index (χ3v) is 3.88. The maximum absolute atomic E-state index is 9.62. The van der Waals surface area contributed by atoms with E-state index in [4.69, 9.17) is 23.2 Å². The summed E-state index contributed by atoms with van der Waals surface area (Å²) in [4.78, 5) is 0. The first kappa shape index (κ1) is 12.2. The van der Waals surface area contributed by atoms with Gasteiger partial charge >= 0.3 is 0 Å². The van der Waals surface area contributed by atoms with Gasteiger partial charge in [0, 0.05) is 10.0 Å². The van der Waals surface area contributed by atoms with E-state index in [2.05, 4.69) is 0 Å². The fourth-order valence-electron chi connectivity index (χ4n) is 2.46. The van der Waals surface area contributed by atoms with Crippen LogP contribution in [-0.2, 0) is 6.42 Å². The molecule has 2 atom stereocenters. The number of aliphatic hydroxyl groups is 1. The van der Waals surface area contributed by atoms with Gasteiger partial charge in [-0.25, -0.2) is 0 Å². The van der Waals surface area contributed by atoms with Gasteiger partial charge < -0.3 is 5.11 Å². The first-order valence-electron chi connectivity index (χ1n) is 5.77. The number of aliphatic hydroxyl groups excluding tert-OH is 1. The molecule has 0 heterocycles. The molecule has 2 unspecified atom stereocenters. The second kappa shape index (κ2) is 5.39. The Morgan fingerprint density at radius 2 is 2.06 bits per heavy atom. The van der Waals surface area contributed by atoms with Gasteiger partial charge in [0.1, 0.15) is 0 Å². The maximum Gasteiger partial charge on any atom is 0.0543 e. The first-order chi connectivity index (χ1) is 7.65. The van der Waals surface area contributed by atoms with Gasteiger partial charge in [-0.1, -0.05) is 29.6 Å². The number of halogens is 2. The lowest BCUT2D eigenvalue weighted by Gasteiger charge is -2.26. The molecular weight excluding hydrogens is 243 g/mol. The molecule has 0 spiro atoms. The summed E-state index contributed by atoms with van der Waals surface area (Å²) < 4.78 is 0. The Hall–Kier alpha value is -0.240. The van der Waals surface area contributed by atoms with E-state index in [0.29, 0.717) is 5.92 Å². The summed E-state index contributed by atoms with van der Waals surface area (Å²) in [5, 5.41) is 11.1. The molecule has 1 N–H and O–H groups in total. The summed E-state index contributed by atoms with van der Waals surface area (Å²) in [6.07, 6.45) is 4.93. The van der Waals surface area contributed by atoms with Crippen LogP contribution in [0.4, 0.5) is 0 Å². The predicted octanol–water partition coefficient (Wildman–Crippen LogP) is 4.09. The van der Waals surface area contributed by atoms with Gasteiger partial charge in [-0.05, 0) is 55.4 Å². The standard InChI is InChI=1S/C13H16Cl2O/c14-11-4-5-13(15)10(8-11)6-9-2-1-3-12(16)7-9/h4-5,8-9,12,16H,1-3,6-7H2. The molecule has 1 aliphatic carbocycles. The number of hydrogen-bond donors (Lipinski definition) is 1. The third-order valence-electron chi connectivity index (χ3n) is 3.27. The van der Waals surface area contributed by atoms with E-state index in [1.54, 1.807) is 0 Å². The molecule has 1 aromatic rings. The summed E-state index contributed by atoms with van der Waals surface area (Å²) in [6, 6.07) is 5.59. The minimum Gasteiger partial charge on any atom is -0.393 e. The average Bonchev–Trinajstić information content (AvgIpc) is 2.24. The smallest absolute Gasteiger partial charge is 0.0543 e. The van der Waals surface area contributed by atoms with Crippen LogP contribution < -0.4 is 0 Å². The van der Waals surface area contributed by atoms with Crippen molar-refractivity contribution in [2.75, 3.05) is 0 Å². The second-order valence-electron chi connectivity index (χ2n) is 4.63. The molecule has 0 aromatic heterocycles. The minimum absolute atomic E-state index is 0.128. The van der Waals surface area contributed by atoms with Gasteiger partial charge in [-0.2, -0.15) is 0 Å². The van der Waals surface area contributed by atoms with Crippen molar-refractivity contribution >= 4 is 23.2 Å². The van der Waals surface area contributed by atoms with E-state index in [1.165, 1.54) is 6.42 Å². The van der Waals surface area contributed by atoms with Crippen LogP contribution >= 0.6 is 23.2 Å². The second-order valence-corrected chi connectivity index (χ2v) is 5.47. The van der Waals surface area contributed by atoms with Crippen molar-refractivity contribution < 1.29 is 5.11 Å². The zero-order valence-electron chi connectivity index (χ0n) is 9.13. The van der Waals surface area contributed by atoms with E-state index >= 15 is 0 Å². The highest BCUT2D eigenvalue weighted by atomic mass is 35.5. The molecule has 1 saturated carbocycles. The average molecular weight is 259 g/mol. The summed E-state index contributed by atoms with van der Waals surface area (Å²) in [5.41, 5.74) is 1.10. The van der Waals surface area contributed by atoms with E-state index in [9.17, 15) is 5.11 Å². The van der Waals surface area contributed by atoms with Crippen molar-refractivity contribution in [3.63, 3.8) is 0 Å². The monoisotopic (exact) mass is 258 g/mol. The molecule has 1 fully saturated rings. The molecule has 1 aliphatic rings. The lowest BCUT2D eigenvalue weighted by Crippen LogP contribution is -2.21. The van der Waals surface area contributed by atoms with Crippen molar-refractivity contribution in [3.8, 4) is 0 Å². The number of hydrogen-bond acceptors (Lipinski definition) is 1. The van der Waals surface area contributed by atoms with Gasteiger partial charge in [0.05, 0.1) is 6.10 Å². The van der Waals surface area contributed by atoms with Crippen LogP contribution in [0.1, 0.15) is 31.2 Å². The number of rotatable bonds is 2. The molecule has 1 nitrogen and oxygen atoms in total. The zero-order valence-corrected chi connectivity index (χ0v) is 10.6. The van der Waals surface area contributed by atoms with E-state index in [1.807, 2.05) is 18.2 Å². The Bertz CT molecular complexity index is 365. The molecule has 88 valence electrons. The fraction of sp³-hybridized carbons (Fsp3) is 0.538. The largest absolute Gasteiger partial charge is 0.393 e. The van der Waals surface area contributed by atoms with Crippen LogP contribution in [0.2, 0.25) is 10.0 Å². The molecule has 16 heavy (non-hydrogen) atoms. The molecule has 0 bridgehead atoms. The highest BCUT2D eigenvalue weighted by Gasteiger charge is 2.21. The van der Waals surface area contributed by atoms with Crippen molar-refractivity contribution in [2.24, 2.45) is 5.92 Å². The summed E-state index contributed by atoms with van der Waals surface area (Å²) in [7, 11) is 0. The van der Waals surface area contributed by atoms with Crippen LogP contribution in [-0.4, -0.2) is 11.2 Å². The molecule has 0 saturated heterocycles. The Morgan fingerprint density at radius 1 is 1.25 bits per heavy atom. The maximum atomic E-state index is 9.62. The zero-order chi connectivity index (χ0) is 11.5. The van der Waals surface area contributed by atoms with Crippen molar-refractivity contribution in [1.29, 1.82) is 0 Å². The van der Waals surface area contributed by atoms with Crippen LogP contribution in [0, 0.1) is 5.92 Å². The van der Waals surface area contributed by atoms with Crippen molar-refractivity contribution in [2.45, 2.75) is 38.2 Å². The quantitative estimate of drug-likeness (QED) is 0.848. The Kier molecular flexibility index (Phi) is 4.12. The first-order valence-corrected chi connectivity index (χ1v) is 6.52. The highest BCUT2D eigenvalue weighted by Crippen LogP contribution is 2.30. The highest BCUT2D eigenvalue weighted by molar-refractivity contribution is 6.33. The van der Waals surface area contributed by atoms with Crippen LogP contribution in [0.25, 0.3) is 0 Å². The minimum atomic E-state index is -0.128. The molecule has 0 amide bonds. The predicted molar refractivity (Wildman–Crippen MR) is 68.1 cm³/mol. The summed E-state index contributed by atoms with van der Waals surface area (Å²) in [5.74, 6) is 0.541. The lowest BCUT2D eigenvalue weighted by atomic mass is 9.83. The number of benzene rings is 1. The normalized spacial score (nSPS) is 25.7. The van der Waals surface area contributed by atoms with Gasteiger partial charge in [0.25, 0.3) is 0 Å². The van der Waals surface area contributed by atoms with Crippen molar-refractivity contribution in [1.82, 2.24) is 0 Å². The molecule has 2 rings (SSSR count). The Labute approximate surface area is 106 Å². The third kappa shape index (κ3) is 3.13. The lowest BCUT2D eigenvalue weighted by molar-refractivity contribution is 0.101. The van der Waals surface area contributed by atoms with Gasteiger partial charge in [-0.3, -0.25) is 0 Å². The van der Waals surface area contributed by atoms with Gasteiger partial charge in [0.2, 0.25) is 0 Å². The SMILES string of the molecule is OC1CCCC(Cc2cc(Cl)ccc2Cl)C1.